The number of carbonyl (C=O) groups is 1. The van der Waals surface area contributed by atoms with Crippen LogP contribution in [0.4, 0.5) is 0 Å². The molecule has 0 aliphatic carbocycles. The maximum absolute atomic E-state index is 12.7. The van der Waals surface area contributed by atoms with Crippen LogP contribution in [0, 0.1) is 6.92 Å². The van der Waals surface area contributed by atoms with E-state index in [9.17, 15) is 4.79 Å². The summed E-state index contributed by atoms with van der Waals surface area (Å²) >= 11 is 1.31. The number of aromatic nitrogens is 6. The van der Waals surface area contributed by atoms with Crippen molar-refractivity contribution in [2.45, 2.75) is 20.0 Å². The first-order valence-electron chi connectivity index (χ1n) is 8.36. The number of hydrogen-bond acceptors (Lipinski definition) is 7. The number of nitrogens with zero attached hydrogens (tertiary/aromatic N) is 7. The van der Waals surface area contributed by atoms with E-state index in [0.717, 1.165) is 21.9 Å². The molecular weight excluding hydrogens is 362 g/mol. The standard InChI is InChI=1S/C18H17N7OS/c1-12-16(27-23-22-12)10-24(2)18(26)13-7-15-17(20-8-13)25(11-21-15)9-14-5-3-4-6-19-14/h3-8,11H,9-10H2,1-2H3. The van der Waals surface area contributed by atoms with Crippen molar-refractivity contribution in [2.24, 2.45) is 0 Å². The first-order chi connectivity index (χ1) is 13.1. The van der Waals surface area contributed by atoms with Crippen LogP contribution in [-0.2, 0) is 13.1 Å². The Morgan fingerprint density at radius 2 is 2.15 bits per heavy atom. The smallest absolute Gasteiger partial charge is 0.255 e. The molecule has 4 aromatic heterocycles. The highest BCUT2D eigenvalue weighted by atomic mass is 32.1. The van der Waals surface area contributed by atoms with Crippen LogP contribution in [-0.4, -0.2) is 47.0 Å². The molecular formula is C18H17N7OS. The molecule has 0 aromatic carbocycles. The van der Waals surface area contributed by atoms with Gasteiger partial charge in [0.25, 0.3) is 5.91 Å². The maximum Gasteiger partial charge on any atom is 0.255 e. The minimum Gasteiger partial charge on any atom is -0.336 e. The molecule has 1 amide bonds. The van der Waals surface area contributed by atoms with Crippen LogP contribution in [0.15, 0.2) is 43.0 Å². The third-order valence-electron chi connectivity index (χ3n) is 4.23. The molecule has 0 fully saturated rings. The summed E-state index contributed by atoms with van der Waals surface area (Å²) in [5.74, 6) is -0.114. The van der Waals surface area contributed by atoms with Gasteiger partial charge in [0.05, 0.1) is 41.2 Å². The van der Waals surface area contributed by atoms with E-state index in [4.69, 9.17) is 0 Å². The van der Waals surface area contributed by atoms with Crippen molar-refractivity contribution in [3.8, 4) is 0 Å². The van der Waals surface area contributed by atoms with Crippen LogP contribution in [0.25, 0.3) is 11.2 Å². The molecule has 0 spiro atoms. The number of rotatable bonds is 5. The molecule has 136 valence electrons. The molecule has 8 nitrogen and oxygen atoms in total. The second-order valence-electron chi connectivity index (χ2n) is 6.20. The fourth-order valence-electron chi connectivity index (χ4n) is 2.75. The molecule has 0 bridgehead atoms. The van der Waals surface area contributed by atoms with Gasteiger partial charge < -0.3 is 9.47 Å². The number of aryl methyl sites for hydroxylation is 1. The Hall–Kier alpha value is -3.20. The van der Waals surface area contributed by atoms with E-state index in [1.54, 1.807) is 36.7 Å². The Morgan fingerprint density at radius 1 is 1.26 bits per heavy atom. The van der Waals surface area contributed by atoms with E-state index in [1.165, 1.54) is 11.5 Å². The number of pyridine rings is 2. The maximum atomic E-state index is 12.7. The predicted molar refractivity (Wildman–Crippen MR) is 101 cm³/mol. The van der Waals surface area contributed by atoms with Gasteiger partial charge in [0, 0.05) is 19.4 Å². The molecule has 0 saturated carbocycles. The quantitative estimate of drug-likeness (QED) is 0.529. The Labute approximate surface area is 159 Å². The minimum atomic E-state index is -0.114. The lowest BCUT2D eigenvalue weighted by Gasteiger charge is -2.16. The summed E-state index contributed by atoms with van der Waals surface area (Å²) in [6.07, 6.45) is 5.07. The molecule has 0 atom stereocenters. The normalized spacial score (nSPS) is 11.0. The number of imidazole rings is 1. The topological polar surface area (TPSA) is 89.7 Å². The van der Waals surface area contributed by atoms with Gasteiger partial charge in [0.15, 0.2) is 5.65 Å². The van der Waals surface area contributed by atoms with Crippen molar-refractivity contribution in [2.75, 3.05) is 7.05 Å². The van der Waals surface area contributed by atoms with Crippen molar-refractivity contribution in [1.82, 2.24) is 34.0 Å². The molecule has 4 heterocycles. The van der Waals surface area contributed by atoms with E-state index in [0.29, 0.717) is 24.2 Å². The molecule has 4 rings (SSSR count). The molecule has 0 saturated heterocycles. The van der Waals surface area contributed by atoms with Crippen molar-refractivity contribution in [3.05, 3.63) is 64.8 Å². The van der Waals surface area contributed by atoms with Crippen LogP contribution in [0.5, 0.6) is 0 Å². The Kier molecular flexibility index (Phi) is 4.59. The molecule has 0 N–H and O–H groups in total. The van der Waals surface area contributed by atoms with Crippen LogP contribution in [0.3, 0.4) is 0 Å². The molecule has 27 heavy (non-hydrogen) atoms. The number of carbonyl (C=O) groups excluding carboxylic acids is 1. The summed E-state index contributed by atoms with van der Waals surface area (Å²) in [6, 6.07) is 7.55. The van der Waals surface area contributed by atoms with Crippen molar-refractivity contribution >= 4 is 28.6 Å². The van der Waals surface area contributed by atoms with Gasteiger partial charge in [0.2, 0.25) is 0 Å². The first kappa shape index (κ1) is 17.2. The Morgan fingerprint density at radius 3 is 2.89 bits per heavy atom. The van der Waals surface area contributed by atoms with Gasteiger partial charge in [-0.25, -0.2) is 9.97 Å². The van der Waals surface area contributed by atoms with E-state index >= 15 is 0 Å². The summed E-state index contributed by atoms with van der Waals surface area (Å²) in [7, 11) is 1.76. The van der Waals surface area contributed by atoms with E-state index in [2.05, 4.69) is 24.5 Å². The third kappa shape index (κ3) is 3.54. The summed E-state index contributed by atoms with van der Waals surface area (Å²) < 4.78 is 5.83. The van der Waals surface area contributed by atoms with Crippen molar-refractivity contribution in [3.63, 3.8) is 0 Å². The molecule has 0 radical (unpaired) electrons. The van der Waals surface area contributed by atoms with Crippen LogP contribution in [0.1, 0.15) is 26.6 Å². The van der Waals surface area contributed by atoms with Gasteiger partial charge in [-0.1, -0.05) is 10.6 Å². The van der Waals surface area contributed by atoms with Crippen LogP contribution in [0.2, 0.25) is 0 Å². The fraction of sp³-hybridized carbons (Fsp3) is 0.222. The van der Waals surface area contributed by atoms with E-state index in [1.807, 2.05) is 29.7 Å². The third-order valence-corrected chi connectivity index (χ3v) is 5.04. The monoisotopic (exact) mass is 379 g/mol. The Balaban J connectivity index is 1.55. The van der Waals surface area contributed by atoms with Gasteiger partial charge in [-0.05, 0) is 36.7 Å². The summed E-state index contributed by atoms with van der Waals surface area (Å²) in [4.78, 5) is 28.5. The fourth-order valence-corrected chi connectivity index (χ4v) is 3.44. The van der Waals surface area contributed by atoms with E-state index in [-0.39, 0.29) is 5.91 Å². The first-order valence-corrected chi connectivity index (χ1v) is 9.13. The summed E-state index contributed by atoms with van der Waals surface area (Å²) in [6.45, 7) is 2.93. The lowest BCUT2D eigenvalue weighted by Crippen LogP contribution is -2.26. The number of hydrogen-bond donors (Lipinski definition) is 0. The molecule has 0 unspecified atom stereocenters. The van der Waals surface area contributed by atoms with Gasteiger partial charge in [-0.3, -0.25) is 9.78 Å². The van der Waals surface area contributed by atoms with E-state index < -0.39 is 0 Å². The van der Waals surface area contributed by atoms with Crippen molar-refractivity contribution in [1.29, 1.82) is 0 Å². The van der Waals surface area contributed by atoms with Crippen LogP contribution >= 0.6 is 11.5 Å². The Bertz CT molecular complexity index is 1090. The lowest BCUT2D eigenvalue weighted by molar-refractivity contribution is 0.0786. The summed E-state index contributed by atoms with van der Waals surface area (Å²) in [5, 5.41) is 3.98. The molecule has 4 aromatic rings. The van der Waals surface area contributed by atoms with Gasteiger partial charge in [0.1, 0.15) is 5.52 Å². The highest BCUT2D eigenvalue weighted by molar-refractivity contribution is 7.05. The zero-order valence-corrected chi connectivity index (χ0v) is 15.7. The predicted octanol–water partition coefficient (Wildman–Crippen LogP) is 2.31. The number of fused-ring (bicyclic) bond motifs is 1. The van der Waals surface area contributed by atoms with Gasteiger partial charge >= 0.3 is 0 Å². The largest absolute Gasteiger partial charge is 0.336 e. The zero-order chi connectivity index (χ0) is 18.8. The molecule has 0 aliphatic heterocycles. The average molecular weight is 379 g/mol. The van der Waals surface area contributed by atoms with Gasteiger partial charge in [-0.2, -0.15) is 0 Å². The van der Waals surface area contributed by atoms with Gasteiger partial charge in [-0.15, -0.1) is 5.10 Å². The lowest BCUT2D eigenvalue weighted by atomic mass is 10.2. The highest BCUT2D eigenvalue weighted by Gasteiger charge is 2.17. The highest BCUT2D eigenvalue weighted by Crippen LogP contribution is 2.17. The number of amides is 1. The summed E-state index contributed by atoms with van der Waals surface area (Å²) in [5.41, 5.74) is 3.68. The van der Waals surface area contributed by atoms with Crippen molar-refractivity contribution < 1.29 is 4.79 Å². The van der Waals surface area contributed by atoms with Crippen LogP contribution < -0.4 is 0 Å². The second-order valence-corrected chi connectivity index (χ2v) is 7.04. The molecule has 9 heteroatoms. The zero-order valence-electron chi connectivity index (χ0n) is 14.9. The average Bonchev–Trinajstić information content (AvgIpc) is 3.28. The second kappa shape index (κ2) is 7.20. The molecule has 0 aliphatic rings. The minimum absolute atomic E-state index is 0.114. The SMILES string of the molecule is Cc1nnsc1CN(C)C(=O)c1cnc2c(c1)ncn2Cc1ccccn1.